The number of nitrogens with one attached hydrogen (secondary N) is 1. The van der Waals surface area contributed by atoms with Crippen LogP contribution in [0.15, 0.2) is 0 Å². The summed E-state index contributed by atoms with van der Waals surface area (Å²) in [5.74, 6) is 1.37. The van der Waals surface area contributed by atoms with Gasteiger partial charge in [-0.05, 0) is 39.0 Å². The number of hydrogen-bond donors (Lipinski definition) is 1. The first-order chi connectivity index (χ1) is 7.76. The summed E-state index contributed by atoms with van der Waals surface area (Å²) in [5.41, 5.74) is -0.412. The normalized spacial score (nSPS) is 15.2. The maximum Gasteiger partial charge on any atom is 0.407 e. The lowest BCUT2D eigenvalue weighted by atomic mass is 9.89. The predicted octanol–water partition coefficient (Wildman–Crippen LogP) is 3.97. The maximum atomic E-state index is 11.4. The average Bonchev–Trinajstić information content (AvgIpc) is 2.14. The van der Waals surface area contributed by atoms with Crippen molar-refractivity contribution in [2.45, 2.75) is 66.4 Å². The summed E-state index contributed by atoms with van der Waals surface area (Å²) in [5, 5.41) is 2.81. The lowest BCUT2D eigenvalue weighted by Gasteiger charge is -2.21. The Morgan fingerprint density at radius 1 is 1.18 bits per heavy atom. The van der Waals surface area contributed by atoms with E-state index in [0.717, 1.165) is 12.3 Å². The second-order valence-corrected chi connectivity index (χ2v) is 5.96. The minimum Gasteiger partial charge on any atom is -0.444 e. The van der Waals surface area contributed by atoms with Crippen molar-refractivity contribution in [3.05, 3.63) is 0 Å². The predicted molar refractivity (Wildman–Crippen MR) is 72.1 cm³/mol. The van der Waals surface area contributed by atoms with Gasteiger partial charge in [0.25, 0.3) is 0 Å². The molecule has 0 radical (unpaired) electrons. The Bertz CT molecular complexity index is 221. The Kier molecular flexibility index (Phi) is 7.24. The van der Waals surface area contributed by atoms with Crippen molar-refractivity contribution in [2.24, 2.45) is 11.8 Å². The number of carbonyl (C=O) groups is 1. The van der Waals surface area contributed by atoms with E-state index in [9.17, 15) is 4.79 Å². The van der Waals surface area contributed by atoms with Crippen LogP contribution in [-0.2, 0) is 4.74 Å². The number of amides is 1. The van der Waals surface area contributed by atoms with Gasteiger partial charge in [0.05, 0.1) is 0 Å². The molecule has 0 rings (SSSR count). The van der Waals surface area contributed by atoms with Gasteiger partial charge < -0.3 is 10.1 Å². The van der Waals surface area contributed by atoms with Gasteiger partial charge in [0.1, 0.15) is 5.60 Å². The highest BCUT2D eigenvalue weighted by Gasteiger charge is 2.16. The van der Waals surface area contributed by atoms with Gasteiger partial charge >= 0.3 is 6.09 Å². The van der Waals surface area contributed by atoms with E-state index < -0.39 is 5.60 Å². The van der Waals surface area contributed by atoms with Crippen LogP contribution in [0.4, 0.5) is 4.79 Å². The summed E-state index contributed by atoms with van der Waals surface area (Å²) in [4.78, 5) is 11.4. The molecular formula is C14H29NO2. The highest BCUT2D eigenvalue weighted by Crippen LogP contribution is 2.19. The Balaban J connectivity index is 3.73. The molecule has 0 aliphatic heterocycles. The minimum absolute atomic E-state index is 0.312. The highest BCUT2D eigenvalue weighted by atomic mass is 16.6. The summed E-state index contributed by atoms with van der Waals surface area (Å²) in [7, 11) is 0. The molecule has 17 heavy (non-hydrogen) atoms. The van der Waals surface area contributed by atoms with Gasteiger partial charge in [-0.2, -0.15) is 0 Å². The van der Waals surface area contributed by atoms with E-state index in [0.29, 0.717) is 12.5 Å². The Morgan fingerprint density at radius 3 is 2.18 bits per heavy atom. The van der Waals surface area contributed by atoms with Gasteiger partial charge in [-0.25, -0.2) is 4.79 Å². The lowest BCUT2D eigenvalue weighted by molar-refractivity contribution is 0.0524. The molecule has 2 atom stereocenters. The maximum absolute atomic E-state index is 11.4. The van der Waals surface area contributed by atoms with Gasteiger partial charge in [0, 0.05) is 6.54 Å². The quantitative estimate of drug-likeness (QED) is 0.766. The number of rotatable bonds is 6. The molecule has 3 heteroatoms. The van der Waals surface area contributed by atoms with Crippen LogP contribution in [0.1, 0.15) is 60.8 Å². The molecule has 0 aromatic rings. The van der Waals surface area contributed by atoms with Gasteiger partial charge in [-0.1, -0.05) is 33.6 Å². The van der Waals surface area contributed by atoms with E-state index in [1.807, 2.05) is 20.8 Å². The standard InChI is InChI=1S/C14H29NO2/c1-7-8-11(2)12(3)9-10-15-13(16)17-14(4,5)6/h11-12H,7-10H2,1-6H3,(H,15,16). The first kappa shape index (κ1) is 16.3. The molecular weight excluding hydrogens is 214 g/mol. The molecule has 0 bridgehead atoms. The zero-order valence-corrected chi connectivity index (χ0v) is 12.3. The van der Waals surface area contributed by atoms with Crippen LogP contribution in [0, 0.1) is 11.8 Å². The van der Waals surface area contributed by atoms with Crippen LogP contribution in [0.2, 0.25) is 0 Å². The van der Waals surface area contributed by atoms with Crippen molar-refractivity contribution < 1.29 is 9.53 Å². The monoisotopic (exact) mass is 243 g/mol. The van der Waals surface area contributed by atoms with E-state index in [1.165, 1.54) is 12.8 Å². The highest BCUT2D eigenvalue weighted by molar-refractivity contribution is 5.67. The van der Waals surface area contributed by atoms with Crippen molar-refractivity contribution in [3.63, 3.8) is 0 Å². The fourth-order valence-corrected chi connectivity index (χ4v) is 1.74. The summed E-state index contributed by atoms with van der Waals surface area (Å²) >= 11 is 0. The topological polar surface area (TPSA) is 38.3 Å². The lowest BCUT2D eigenvalue weighted by Crippen LogP contribution is -2.33. The fraction of sp³-hybridized carbons (Fsp3) is 0.929. The van der Waals surface area contributed by atoms with Crippen LogP contribution >= 0.6 is 0 Å². The second-order valence-electron chi connectivity index (χ2n) is 5.96. The molecule has 0 saturated heterocycles. The van der Waals surface area contributed by atoms with Crippen LogP contribution < -0.4 is 5.32 Å². The minimum atomic E-state index is -0.412. The van der Waals surface area contributed by atoms with Crippen molar-refractivity contribution >= 4 is 6.09 Å². The summed E-state index contributed by atoms with van der Waals surface area (Å²) in [6, 6.07) is 0. The van der Waals surface area contributed by atoms with Crippen molar-refractivity contribution in [2.75, 3.05) is 6.54 Å². The Hall–Kier alpha value is -0.730. The van der Waals surface area contributed by atoms with E-state index in [-0.39, 0.29) is 6.09 Å². The van der Waals surface area contributed by atoms with Crippen molar-refractivity contribution in [1.29, 1.82) is 0 Å². The van der Waals surface area contributed by atoms with Gasteiger partial charge in [-0.3, -0.25) is 0 Å². The van der Waals surface area contributed by atoms with Crippen LogP contribution in [-0.4, -0.2) is 18.2 Å². The Labute approximate surface area is 106 Å². The third-order valence-corrected chi connectivity index (χ3v) is 2.98. The van der Waals surface area contributed by atoms with E-state index in [4.69, 9.17) is 4.74 Å². The van der Waals surface area contributed by atoms with E-state index in [2.05, 4.69) is 26.1 Å². The molecule has 102 valence electrons. The van der Waals surface area contributed by atoms with Gasteiger partial charge in [-0.15, -0.1) is 0 Å². The van der Waals surface area contributed by atoms with E-state index in [1.54, 1.807) is 0 Å². The smallest absolute Gasteiger partial charge is 0.407 e. The first-order valence-electron chi connectivity index (χ1n) is 6.73. The van der Waals surface area contributed by atoms with Gasteiger partial charge in [0.15, 0.2) is 0 Å². The molecule has 0 fully saturated rings. The largest absolute Gasteiger partial charge is 0.444 e. The zero-order chi connectivity index (χ0) is 13.5. The summed E-state index contributed by atoms with van der Waals surface area (Å²) in [6.45, 7) is 13.1. The number of alkyl carbamates (subject to hydrolysis) is 1. The van der Waals surface area contributed by atoms with Crippen molar-refractivity contribution in [3.8, 4) is 0 Å². The number of hydrogen-bond acceptors (Lipinski definition) is 2. The second kappa shape index (κ2) is 7.57. The third-order valence-electron chi connectivity index (χ3n) is 2.98. The molecule has 2 unspecified atom stereocenters. The molecule has 0 aromatic heterocycles. The third kappa shape index (κ3) is 9.02. The average molecular weight is 243 g/mol. The molecule has 3 nitrogen and oxygen atoms in total. The Morgan fingerprint density at radius 2 is 1.71 bits per heavy atom. The molecule has 0 aliphatic rings. The summed E-state index contributed by atoms with van der Waals surface area (Å²) in [6.07, 6.45) is 3.19. The molecule has 0 aromatic carbocycles. The summed E-state index contributed by atoms with van der Waals surface area (Å²) < 4.78 is 5.18. The molecule has 1 amide bonds. The van der Waals surface area contributed by atoms with Crippen molar-refractivity contribution in [1.82, 2.24) is 5.32 Å². The van der Waals surface area contributed by atoms with Gasteiger partial charge in [0.2, 0.25) is 0 Å². The molecule has 1 N–H and O–H groups in total. The van der Waals surface area contributed by atoms with E-state index >= 15 is 0 Å². The molecule has 0 heterocycles. The SMILES string of the molecule is CCCC(C)C(C)CCNC(=O)OC(C)(C)C. The number of carbonyl (C=O) groups excluding carboxylic acids is 1. The van der Waals surface area contributed by atoms with Crippen LogP contribution in [0.5, 0.6) is 0 Å². The molecule has 0 aliphatic carbocycles. The zero-order valence-electron chi connectivity index (χ0n) is 12.3. The van der Waals surface area contributed by atoms with Crippen LogP contribution in [0.3, 0.4) is 0 Å². The fourth-order valence-electron chi connectivity index (χ4n) is 1.74. The number of ether oxygens (including phenoxy) is 1. The van der Waals surface area contributed by atoms with Crippen LogP contribution in [0.25, 0.3) is 0 Å². The molecule has 0 spiro atoms. The molecule has 0 saturated carbocycles. The first-order valence-corrected chi connectivity index (χ1v) is 6.73.